The Bertz CT molecular complexity index is 648. The van der Waals surface area contributed by atoms with E-state index in [0.29, 0.717) is 6.54 Å². The van der Waals surface area contributed by atoms with Crippen molar-refractivity contribution in [1.82, 2.24) is 9.55 Å². The van der Waals surface area contributed by atoms with Crippen LogP contribution in [0.25, 0.3) is 11.0 Å². The highest BCUT2D eigenvalue weighted by Crippen LogP contribution is 2.12. The summed E-state index contributed by atoms with van der Waals surface area (Å²) in [5.41, 5.74) is 3.00. The van der Waals surface area contributed by atoms with E-state index in [4.69, 9.17) is 0 Å². The smallest absolute Gasteiger partial charge is 0.151 e. The minimum absolute atomic E-state index is 0.562. The van der Waals surface area contributed by atoms with Gasteiger partial charge in [0.1, 0.15) is 0 Å². The predicted molar refractivity (Wildman–Crippen MR) is 99.6 cm³/mol. The van der Waals surface area contributed by atoms with Gasteiger partial charge in [0.05, 0.1) is 23.8 Å². The van der Waals surface area contributed by atoms with Crippen molar-refractivity contribution in [2.45, 2.75) is 6.92 Å². The first-order valence-electron chi connectivity index (χ1n) is 6.92. The van der Waals surface area contributed by atoms with Crippen LogP contribution in [0.5, 0.6) is 0 Å². The van der Waals surface area contributed by atoms with Crippen molar-refractivity contribution in [3.05, 3.63) is 80.7 Å². The standard InChI is InChI=1S/C14H15N3.C3H6.C2H4/c1-4-11(2)9-15-10-14-16-12-7-5-6-8-13(12)17(14)3;1-3-2;1-2/h4-8,10H,1-2,9H2,3H3;3H,1H2,2H3;1-2H2. The van der Waals surface area contributed by atoms with Crippen molar-refractivity contribution >= 4 is 17.2 Å². The largest absolute Gasteiger partial charge is 0.326 e. The van der Waals surface area contributed by atoms with Crippen LogP contribution in [0, 0.1) is 0 Å². The number of hydrogen-bond acceptors (Lipinski definition) is 2. The lowest BCUT2D eigenvalue weighted by molar-refractivity contribution is 0.932. The summed E-state index contributed by atoms with van der Waals surface area (Å²) in [5.74, 6) is 0.850. The lowest BCUT2D eigenvalue weighted by atomic mass is 10.3. The second-order valence-electron chi connectivity index (χ2n) is 4.26. The molecule has 2 aromatic rings. The Morgan fingerprint density at radius 1 is 1.27 bits per heavy atom. The monoisotopic (exact) mass is 295 g/mol. The topological polar surface area (TPSA) is 30.2 Å². The molecule has 0 amide bonds. The van der Waals surface area contributed by atoms with E-state index in [1.165, 1.54) is 0 Å². The van der Waals surface area contributed by atoms with Gasteiger partial charge < -0.3 is 4.57 Å². The number of benzene rings is 1. The molecule has 2 rings (SSSR count). The van der Waals surface area contributed by atoms with Crippen molar-refractivity contribution in [3.63, 3.8) is 0 Å². The van der Waals surface area contributed by atoms with E-state index < -0.39 is 0 Å². The Morgan fingerprint density at radius 2 is 1.86 bits per heavy atom. The van der Waals surface area contributed by atoms with Crippen LogP contribution in [0.2, 0.25) is 0 Å². The zero-order valence-electron chi connectivity index (χ0n) is 13.6. The van der Waals surface area contributed by atoms with Crippen LogP contribution in [0.15, 0.2) is 79.9 Å². The number of rotatable bonds is 4. The molecule has 0 atom stereocenters. The predicted octanol–water partition coefficient (Wildman–Crippen LogP) is 4.73. The lowest BCUT2D eigenvalue weighted by Gasteiger charge is -1.96. The Kier molecular flexibility index (Phi) is 9.69. The number of allylic oxidation sites excluding steroid dienone is 1. The number of aliphatic imine (C=N–C) groups is 1. The summed E-state index contributed by atoms with van der Waals surface area (Å²) in [4.78, 5) is 8.78. The summed E-state index contributed by atoms with van der Waals surface area (Å²) in [6, 6.07) is 8.03. The Hall–Kier alpha value is -2.68. The highest BCUT2D eigenvalue weighted by molar-refractivity contribution is 5.84. The van der Waals surface area contributed by atoms with Crippen LogP contribution in [0.3, 0.4) is 0 Å². The van der Waals surface area contributed by atoms with Gasteiger partial charge in [0.2, 0.25) is 0 Å². The van der Waals surface area contributed by atoms with Crippen molar-refractivity contribution in [2.24, 2.45) is 12.0 Å². The summed E-state index contributed by atoms with van der Waals surface area (Å²) in [7, 11) is 1.99. The molecule has 3 nitrogen and oxygen atoms in total. The Labute approximate surface area is 133 Å². The molecule has 0 N–H and O–H groups in total. The molecular formula is C19H25N3. The fraction of sp³-hybridized carbons (Fsp3) is 0.158. The average Bonchev–Trinajstić information content (AvgIpc) is 2.87. The molecule has 1 aromatic carbocycles. The molecule has 0 aliphatic rings. The van der Waals surface area contributed by atoms with Crippen molar-refractivity contribution in [1.29, 1.82) is 0 Å². The molecule has 0 aliphatic carbocycles. The first-order chi connectivity index (χ1) is 10.6. The summed E-state index contributed by atoms with van der Waals surface area (Å²) in [6.45, 7) is 19.3. The third-order valence-electron chi connectivity index (χ3n) is 2.61. The lowest BCUT2D eigenvalue weighted by Crippen LogP contribution is -1.96. The van der Waals surface area contributed by atoms with E-state index in [0.717, 1.165) is 22.4 Å². The van der Waals surface area contributed by atoms with Crippen LogP contribution < -0.4 is 0 Å². The number of aromatic nitrogens is 2. The molecule has 0 bridgehead atoms. The van der Waals surface area contributed by atoms with Crippen molar-refractivity contribution < 1.29 is 0 Å². The number of para-hydroxylation sites is 2. The second kappa shape index (κ2) is 11.0. The molecule has 0 radical (unpaired) electrons. The summed E-state index contributed by atoms with van der Waals surface area (Å²) >= 11 is 0. The van der Waals surface area contributed by atoms with Gasteiger partial charge in [-0.15, -0.1) is 19.7 Å². The van der Waals surface area contributed by atoms with Crippen molar-refractivity contribution in [3.8, 4) is 0 Å². The second-order valence-corrected chi connectivity index (χ2v) is 4.26. The van der Waals surface area contributed by atoms with Gasteiger partial charge in [-0.25, -0.2) is 4.98 Å². The number of imidazole rings is 1. The SMILES string of the molecule is C=C.C=CC.C=CC(=C)CN=Cc1nc2ccccc2n1C. The van der Waals surface area contributed by atoms with E-state index in [-0.39, 0.29) is 0 Å². The minimum atomic E-state index is 0.562. The molecule has 116 valence electrons. The maximum atomic E-state index is 4.49. The van der Waals surface area contributed by atoms with E-state index in [1.54, 1.807) is 18.4 Å². The first-order valence-corrected chi connectivity index (χ1v) is 6.92. The molecule has 1 heterocycles. The average molecular weight is 295 g/mol. The van der Waals surface area contributed by atoms with Gasteiger partial charge >= 0.3 is 0 Å². The third-order valence-corrected chi connectivity index (χ3v) is 2.61. The zero-order chi connectivity index (χ0) is 17.0. The molecule has 0 unspecified atom stereocenters. The summed E-state index contributed by atoms with van der Waals surface area (Å²) in [5, 5.41) is 0. The molecular weight excluding hydrogens is 270 g/mol. The van der Waals surface area contributed by atoms with Gasteiger partial charge in [-0.1, -0.05) is 37.4 Å². The number of nitrogens with zero attached hydrogens (tertiary/aromatic N) is 3. The number of hydrogen-bond donors (Lipinski definition) is 0. The normalized spacial score (nSPS) is 9.36. The van der Waals surface area contributed by atoms with E-state index in [1.807, 2.05) is 42.8 Å². The molecule has 22 heavy (non-hydrogen) atoms. The van der Waals surface area contributed by atoms with Gasteiger partial charge in [-0.3, -0.25) is 4.99 Å². The van der Waals surface area contributed by atoms with Crippen LogP contribution in [0.1, 0.15) is 12.7 Å². The van der Waals surface area contributed by atoms with Gasteiger partial charge in [0, 0.05) is 7.05 Å². The summed E-state index contributed by atoms with van der Waals surface area (Å²) < 4.78 is 2.02. The molecule has 0 fully saturated rings. The van der Waals surface area contributed by atoms with Crippen LogP contribution in [-0.2, 0) is 7.05 Å². The third kappa shape index (κ3) is 5.75. The highest BCUT2D eigenvalue weighted by Gasteiger charge is 2.03. The maximum Gasteiger partial charge on any atom is 0.151 e. The fourth-order valence-corrected chi connectivity index (χ4v) is 1.59. The molecule has 1 aromatic heterocycles. The highest BCUT2D eigenvalue weighted by atomic mass is 15.1. The van der Waals surface area contributed by atoms with E-state index >= 15 is 0 Å². The number of aryl methyl sites for hydroxylation is 1. The van der Waals surface area contributed by atoms with Crippen LogP contribution in [-0.4, -0.2) is 22.3 Å². The molecule has 0 aliphatic heterocycles. The number of fused-ring (bicyclic) bond motifs is 1. The summed E-state index contributed by atoms with van der Waals surface area (Å²) in [6.07, 6.45) is 5.24. The van der Waals surface area contributed by atoms with Gasteiger partial charge in [-0.05, 0) is 24.6 Å². The maximum absolute atomic E-state index is 4.49. The fourth-order valence-electron chi connectivity index (χ4n) is 1.59. The van der Waals surface area contributed by atoms with E-state index in [2.05, 4.69) is 42.9 Å². The van der Waals surface area contributed by atoms with E-state index in [9.17, 15) is 0 Å². The van der Waals surface area contributed by atoms with Crippen molar-refractivity contribution in [2.75, 3.05) is 6.54 Å². The molecule has 3 heteroatoms. The Balaban J connectivity index is 0.000000789. The van der Waals surface area contributed by atoms with Gasteiger partial charge in [0.15, 0.2) is 5.82 Å². The van der Waals surface area contributed by atoms with Crippen LogP contribution >= 0.6 is 0 Å². The molecule has 0 spiro atoms. The quantitative estimate of drug-likeness (QED) is 0.455. The minimum Gasteiger partial charge on any atom is -0.326 e. The molecule has 0 saturated heterocycles. The van der Waals surface area contributed by atoms with Gasteiger partial charge in [0.25, 0.3) is 0 Å². The first kappa shape index (κ1) is 19.3. The van der Waals surface area contributed by atoms with Gasteiger partial charge in [-0.2, -0.15) is 0 Å². The molecule has 0 saturated carbocycles. The zero-order valence-corrected chi connectivity index (χ0v) is 13.6. The van der Waals surface area contributed by atoms with Crippen LogP contribution in [0.4, 0.5) is 0 Å². The Morgan fingerprint density at radius 3 is 2.41 bits per heavy atom.